The number of nitrogens with one attached hydrogen (secondary N) is 1. The van der Waals surface area contributed by atoms with Crippen molar-refractivity contribution in [3.05, 3.63) is 53.3 Å². The summed E-state index contributed by atoms with van der Waals surface area (Å²) in [5.41, 5.74) is 2.26. The minimum Gasteiger partial charge on any atom is -0.454 e. The largest absolute Gasteiger partial charge is 0.454 e. The lowest BCUT2D eigenvalue weighted by atomic mass is 10.2. The van der Waals surface area contributed by atoms with E-state index in [-0.39, 0.29) is 12.7 Å². The summed E-state index contributed by atoms with van der Waals surface area (Å²) in [4.78, 5) is 17.6. The fraction of sp³-hybridized carbons (Fsp3) is 0.333. The number of ether oxygens (including phenoxy) is 2. The van der Waals surface area contributed by atoms with E-state index in [1.54, 1.807) is 6.20 Å². The Labute approximate surface area is 141 Å². The Balaban J connectivity index is 0.00000100. The number of nitrogens with zero attached hydrogens (tertiary/aromatic N) is 1. The number of fused-ring (bicyclic) bond motifs is 1. The van der Waals surface area contributed by atoms with Crippen LogP contribution in [0.3, 0.4) is 0 Å². The van der Waals surface area contributed by atoms with Gasteiger partial charge in [-0.1, -0.05) is 19.9 Å². The molecular formula is C18H23N2O4+. The number of rotatable bonds is 4. The van der Waals surface area contributed by atoms with Crippen LogP contribution in [0, 0.1) is 6.92 Å². The highest BCUT2D eigenvalue weighted by molar-refractivity contribution is 5.92. The molecule has 1 aromatic carbocycles. The maximum Gasteiger partial charge on any atom is 0.324 e. The van der Waals surface area contributed by atoms with Gasteiger partial charge >= 0.3 is 11.6 Å². The van der Waals surface area contributed by atoms with Gasteiger partial charge in [0, 0.05) is 22.9 Å². The van der Waals surface area contributed by atoms with Gasteiger partial charge in [0.05, 0.1) is 0 Å². The summed E-state index contributed by atoms with van der Waals surface area (Å²) in [6, 6.07) is 9.30. The molecule has 2 heterocycles. The highest BCUT2D eigenvalue weighted by Gasteiger charge is 2.23. The Kier molecular flexibility index (Phi) is 6.01. The van der Waals surface area contributed by atoms with Crippen molar-refractivity contribution in [2.24, 2.45) is 0 Å². The summed E-state index contributed by atoms with van der Waals surface area (Å²) >= 11 is 0. The molecule has 0 atom stereocenters. The Morgan fingerprint density at radius 3 is 2.75 bits per heavy atom. The van der Waals surface area contributed by atoms with Crippen LogP contribution in [0.5, 0.6) is 11.5 Å². The lowest BCUT2D eigenvalue weighted by Crippen LogP contribution is -2.48. The molecule has 128 valence electrons. The third kappa shape index (κ3) is 3.76. The second-order valence-electron chi connectivity index (χ2n) is 4.92. The van der Waals surface area contributed by atoms with E-state index in [9.17, 15) is 4.79 Å². The van der Waals surface area contributed by atoms with Gasteiger partial charge in [-0.05, 0) is 30.7 Å². The first-order chi connectivity index (χ1) is 11.7. The molecule has 6 heteroatoms. The van der Waals surface area contributed by atoms with Crippen molar-refractivity contribution in [1.29, 1.82) is 0 Å². The highest BCUT2D eigenvalue weighted by Crippen LogP contribution is 2.32. The van der Waals surface area contributed by atoms with Crippen molar-refractivity contribution < 1.29 is 23.8 Å². The summed E-state index contributed by atoms with van der Waals surface area (Å²) < 4.78 is 12.0. The van der Waals surface area contributed by atoms with Crippen LogP contribution in [0.25, 0.3) is 0 Å². The van der Waals surface area contributed by atoms with E-state index in [1.807, 2.05) is 51.1 Å². The van der Waals surface area contributed by atoms with Gasteiger partial charge in [0.1, 0.15) is 7.11 Å². The highest BCUT2D eigenvalue weighted by atomic mass is 16.7. The SMILES string of the molecule is CC.CO[n+]1cccc(C)c1C(=O)NCc1ccc2c(c1)OCO2. The number of amides is 1. The van der Waals surface area contributed by atoms with Crippen LogP contribution in [0.4, 0.5) is 0 Å². The molecule has 0 unspecified atom stereocenters. The van der Waals surface area contributed by atoms with E-state index in [1.165, 1.54) is 11.8 Å². The Hall–Kier alpha value is -2.76. The van der Waals surface area contributed by atoms with Crippen LogP contribution >= 0.6 is 0 Å². The third-order valence-electron chi connectivity index (χ3n) is 3.46. The summed E-state index contributed by atoms with van der Waals surface area (Å²) in [5, 5.41) is 2.89. The molecule has 0 saturated carbocycles. The maximum absolute atomic E-state index is 12.4. The van der Waals surface area contributed by atoms with Crippen LogP contribution in [-0.2, 0) is 6.54 Å². The number of hydrogen-bond donors (Lipinski definition) is 1. The zero-order chi connectivity index (χ0) is 17.5. The average Bonchev–Trinajstić information content (AvgIpc) is 3.08. The van der Waals surface area contributed by atoms with Crippen molar-refractivity contribution in [3.63, 3.8) is 0 Å². The summed E-state index contributed by atoms with van der Waals surface area (Å²) in [5.74, 6) is 1.23. The quantitative estimate of drug-likeness (QED) is 0.871. The molecule has 24 heavy (non-hydrogen) atoms. The van der Waals surface area contributed by atoms with Crippen LogP contribution < -0.4 is 24.4 Å². The van der Waals surface area contributed by atoms with E-state index in [4.69, 9.17) is 14.3 Å². The molecule has 3 rings (SSSR count). The van der Waals surface area contributed by atoms with Gasteiger partial charge in [0.2, 0.25) is 13.0 Å². The van der Waals surface area contributed by atoms with Crippen molar-refractivity contribution in [1.82, 2.24) is 5.32 Å². The lowest BCUT2D eigenvalue weighted by molar-refractivity contribution is -0.886. The Bertz CT molecular complexity index is 716. The van der Waals surface area contributed by atoms with Crippen molar-refractivity contribution in [2.75, 3.05) is 13.9 Å². The predicted molar refractivity (Wildman–Crippen MR) is 89.0 cm³/mol. The van der Waals surface area contributed by atoms with E-state index >= 15 is 0 Å². The fourth-order valence-electron chi connectivity index (χ4n) is 2.34. The van der Waals surface area contributed by atoms with E-state index in [0.29, 0.717) is 18.0 Å². The summed E-state index contributed by atoms with van der Waals surface area (Å²) in [6.07, 6.45) is 1.70. The van der Waals surface area contributed by atoms with Crippen molar-refractivity contribution >= 4 is 5.91 Å². The molecule has 0 spiro atoms. The molecule has 1 amide bonds. The smallest absolute Gasteiger partial charge is 0.324 e. The zero-order valence-corrected chi connectivity index (χ0v) is 14.5. The minimum absolute atomic E-state index is 0.197. The Morgan fingerprint density at radius 2 is 2.00 bits per heavy atom. The molecule has 1 N–H and O–H groups in total. The molecule has 2 aromatic rings. The number of benzene rings is 1. The predicted octanol–water partition coefficient (Wildman–Crippen LogP) is 2.03. The molecule has 0 saturated heterocycles. The van der Waals surface area contributed by atoms with Gasteiger partial charge in [-0.15, -0.1) is 0 Å². The molecular weight excluding hydrogens is 308 g/mol. The third-order valence-corrected chi connectivity index (χ3v) is 3.46. The number of pyridine rings is 1. The molecule has 1 aromatic heterocycles. The first kappa shape index (κ1) is 17.6. The second-order valence-corrected chi connectivity index (χ2v) is 4.92. The van der Waals surface area contributed by atoms with E-state index in [2.05, 4.69) is 5.32 Å². The maximum atomic E-state index is 12.4. The number of hydrogen-bond acceptors (Lipinski definition) is 4. The molecule has 0 aliphatic carbocycles. The van der Waals surface area contributed by atoms with Gasteiger partial charge in [-0.3, -0.25) is 9.63 Å². The van der Waals surface area contributed by atoms with E-state index < -0.39 is 0 Å². The molecule has 0 radical (unpaired) electrons. The molecule has 0 fully saturated rings. The molecule has 1 aliphatic heterocycles. The van der Waals surface area contributed by atoms with Crippen LogP contribution in [0.15, 0.2) is 36.5 Å². The van der Waals surface area contributed by atoms with E-state index in [0.717, 1.165) is 16.9 Å². The number of aromatic nitrogens is 1. The van der Waals surface area contributed by atoms with Crippen molar-refractivity contribution in [3.8, 4) is 11.5 Å². The topological polar surface area (TPSA) is 60.7 Å². The van der Waals surface area contributed by atoms with Crippen LogP contribution in [0.2, 0.25) is 0 Å². The first-order valence-electron chi connectivity index (χ1n) is 7.91. The van der Waals surface area contributed by atoms with Crippen LogP contribution in [0.1, 0.15) is 35.5 Å². The van der Waals surface area contributed by atoms with Gasteiger partial charge in [-0.2, -0.15) is 0 Å². The molecule has 1 aliphatic rings. The monoisotopic (exact) mass is 331 g/mol. The van der Waals surface area contributed by atoms with Gasteiger partial charge in [0.15, 0.2) is 11.5 Å². The van der Waals surface area contributed by atoms with Crippen LogP contribution in [-0.4, -0.2) is 19.8 Å². The zero-order valence-electron chi connectivity index (χ0n) is 14.5. The second kappa shape index (κ2) is 8.19. The van der Waals surface area contributed by atoms with Gasteiger partial charge in [-0.25, -0.2) is 0 Å². The summed E-state index contributed by atoms with van der Waals surface area (Å²) in [6.45, 7) is 6.50. The van der Waals surface area contributed by atoms with Gasteiger partial charge < -0.3 is 14.8 Å². The first-order valence-corrected chi connectivity index (χ1v) is 7.91. The number of carbonyl (C=O) groups excluding carboxylic acids is 1. The Morgan fingerprint density at radius 1 is 1.25 bits per heavy atom. The fourth-order valence-corrected chi connectivity index (χ4v) is 2.34. The minimum atomic E-state index is -0.197. The normalized spacial score (nSPS) is 11.3. The van der Waals surface area contributed by atoms with Gasteiger partial charge in [0.25, 0.3) is 0 Å². The number of aryl methyl sites for hydroxylation is 1. The lowest BCUT2D eigenvalue weighted by Gasteiger charge is -2.06. The van der Waals surface area contributed by atoms with Crippen molar-refractivity contribution in [2.45, 2.75) is 27.3 Å². The molecule has 0 bridgehead atoms. The average molecular weight is 331 g/mol. The molecule has 6 nitrogen and oxygen atoms in total. The standard InChI is InChI=1S/C16H16N2O4.C2H6/c1-11-4-3-7-18(20-2)15(11)16(19)17-9-12-5-6-13-14(8-12)22-10-21-13;1-2/h3-8H,9-10H2,1-2H3;1-2H3/p+1. The number of carbonyl (C=O) groups is 1. The summed E-state index contributed by atoms with van der Waals surface area (Å²) in [7, 11) is 1.52.